The van der Waals surface area contributed by atoms with E-state index >= 15 is 0 Å². The quantitative estimate of drug-likeness (QED) is 0.672. The molecule has 0 aliphatic rings. The highest BCUT2D eigenvalue weighted by molar-refractivity contribution is 6.12. The van der Waals surface area contributed by atoms with Crippen LogP contribution in [0.5, 0.6) is 0 Å². The molecule has 0 saturated carbocycles. The molecule has 0 aromatic carbocycles. The standard InChI is InChI=1S/C13H13N5O3/c1-3-7-4-8(18-17-7)16-12(20)9-6(2)21-13-10(9)11(19)14-5-15-13/h4-5H,3H2,1-2H3,(H,14,15,19)(H2,16,17,18,20). The third kappa shape index (κ3) is 2.20. The molecule has 3 aromatic heterocycles. The van der Waals surface area contributed by atoms with Crippen molar-refractivity contribution in [3.05, 3.63) is 39.8 Å². The maximum atomic E-state index is 12.4. The van der Waals surface area contributed by atoms with E-state index in [1.54, 1.807) is 13.0 Å². The number of anilines is 1. The Morgan fingerprint density at radius 2 is 2.29 bits per heavy atom. The lowest BCUT2D eigenvalue weighted by Gasteiger charge is -2.00. The molecule has 0 bridgehead atoms. The van der Waals surface area contributed by atoms with E-state index in [0.29, 0.717) is 11.6 Å². The normalized spacial score (nSPS) is 11.0. The van der Waals surface area contributed by atoms with Crippen LogP contribution in [0.1, 0.15) is 28.7 Å². The Labute approximate surface area is 118 Å². The zero-order valence-electron chi connectivity index (χ0n) is 11.5. The molecule has 108 valence electrons. The van der Waals surface area contributed by atoms with Crippen molar-refractivity contribution in [2.45, 2.75) is 20.3 Å². The van der Waals surface area contributed by atoms with Crippen molar-refractivity contribution in [2.24, 2.45) is 0 Å². The number of amides is 1. The van der Waals surface area contributed by atoms with Gasteiger partial charge in [0.1, 0.15) is 11.1 Å². The van der Waals surface area contributed by atoms with Crippen LogP contribution >= 0.6 is 0 Å². The maximum absolute atomic E-state index is 12.4. The summed E-state index contributed by atoms with van der Waals surface area (Å²) in [5.74, 6) is 0.266. The SMILES string of the molecule is CCc1cc(NC(=O)c2c(C)oc3nc[nH]c(=O)c23)n[nH]1. The largest absolute Gasteiger partial charge is 0.442 e. The summed E-state index contributed by atoms with van der Waals surface area (Å²) in [5.41, 5.74) is 0.787. The van der Waals surface area contributed by atoms with Crippen LogP contribution in [0.2, 0.25) is 0 Å². The third-order valence-electron chi connectivity index (χ3n) is 3.15. The Bertz CT molecular complexity index is 873. The van der Waals surface area contributed by atoms with Gasteiger partial charge < -0.3 is 14.7 Å². The molecule has 0 radical (unpaired) electrons. The minimum absolute atomic E-state index is 0.137. The number of aromatic nitrogens is 4. The van der Waals surface area contributed by atoms with Crippen molar-refractivity contribution >= 4 is 22.8 Å². The topological polar surface area (TPSA) is 117 Å². The van der Waals surface area contributed by atoms with Crippen LogP contribution in [-0.2, 0) is 6.42 Å². The summed E-state index contributed by atoms with van der Waals surface area (Å²) < 4.78 is 5.34. The van der Waals surface area contributed by atoms with E-state index in [0.717, 1.165) is 12.1 Å². The van der Waals surface area contributed by atoms with Gasteiger partial charge in [-0.05, 0) is 13.3 Å². The Balaban J connectivity index is 2.01. The Morgan fingerprint density at radius 3 is 3.00 bits per heavy atom. The molecule has 0 unspecified atom stereocenters. The number of carbonyl (C=O) groups excluding carboxylic acids is 1. The monoisotopic (exact) mass is 287 g/mol. The fourth-order valence-electron chi connectivity index (χ4n) is 2.11. The lowest BCUT2D eigenvalue weighted by atomic mass is 10.2. The van der Waals surface area contributed by atoms with E-state index in [-0.39, 0.29) is 16.7 Å². The van der Waals surface area contributed by atoms with E-state index in [1.807, 2.05) is 6.92 Å². The average Bonchev–Trinajstić information content (AvgIpc) is 3.02. The molecule has 21 heavy (non-hydrogen) atoms. The highest BCUT2D eigenvalue weighted by Gasteiger charge is 2.22. The van der Waals surface area contributed by atoms with Crippen LogP contribution in [0.15, 0.2) is 21.6 Å². The van der Waals surface area contributed by atoms with E-state index in [9.17, 15) is 9.59 Å². The molecule has 8 heteroatoms. The molecule has 0 spiro atoms. The summed E-state index contributed by atoms with van der Waals surface area (Å²) in [6, 6.07) is 1.73. The maximum Gasteiger partial charge on any atom is 0.262 e. The van der Waals surface area contributed by atoms with E-state index < -0.39 is 11.5 Å². The van der Waals surface area contributed by atoms with Gasteiger partial charge in [0.2, 0.25) is 5.71 Å². The first-order chi connectivity index (χ1) is 10.1. The van der Waals surface area contributed by atoms with Crippen LogP contribution < -0.4 is 10.9 Å². The zero-order valence-corrected chi connectivity index (χ0v) is 11.5. The van der Waals surface area contributed by atoms with Crippen molar-refractivity contribution in [1.29, 1.82) is 0 Å². The highest BCUT2D eigenvalue weighted by atomic mass is 16.3. The summed E-state index contributed by atoms with van der Waals surface area (Å²) in [5, 5.41) is 9.56. The van der Waals surface area contributed by atoms with Crippen molar-refractivity contribution in [1.82, 2.24) is 20.2 Å². The molecule has 0 aliphatic heterocycles. The van der Waals surface area contributed by atoms with Gasteiger partial charge >= 0.3 is 0 Å². The van der Waals surface area contributed by atoms with Gasteiger partial charge in [-0.1, -0.05) is 6.92 Å². The average molecular weight is 287 g/mol. The number of rotatable bonds is 3. The number of aryl methyl sites for hydroxylation is 2. The predicted octanol–water partition coefficient (Wildman–Crippen LogP) is 1.36. The second-order valence-electron chi connectivity index (χ2n) is 4.53. The number of H-pyrrole nitrogens is 2. The van der Waals surface area contributed by atoms with Crippen molar-refractivity contribution in [3.8, 4) is 0 Å². The zero-order chi connectivity index (χ0) is 15.0. The molecule has 0 aliphatic carbocycles. The fourth-order valence-corrected chi connectivity index (χ4v) is 2.11. The van der Waals surface area contributed by atoms with Gasteiger partial charge in [0, 0.05) is 11.8 Å². The summed E-state index contributed by atoms with van der Waals surface area (Å²) in [4.78, 5) is 30.6. The predicted molar refractivity (Wildman–Crippen MR) is 75.3 cm³/mol. The lowest BCUT2D eigenvalue weighted by molar-refractivity contribution is 0.102. The Morgan fingerprint density at radius 1 is 1.48 bits per heavy atom. The minimum Gasteiger partial charge on any atom is -0.442 e. The Kier molecular flexibility index (Phi) is 3.05. The molecule has 1 amide bonds. The van der Waals surface area contributed by atoms with Crippen LogP contribution in [0.3, 0.4) is 0 Å². The molecule has 8 nitrogen and oxygen atoms in total. The van der Waals surface area contributed by atoms with Crippen LogP contribution in [0.4, 0.5) is 5.82 Å². The van der Waals surface area contributed by atoms with Gasteiger partial charge in [0.05, 0.1) is 11.9 Å². The molecule has 3 rings (SSSR count). The van der Waals surface area contributed by atoms with Crippen molar-refractivity contribution in [2.75, 3.05) is 5.32 Å². The first-order valence-electron chi connectivity index (χ1n) is 6.42. The number of hydrogen-bond acceptors (Lipinski definition) is 5. The molecular formula is C13H13N5O3. The first-order valence-corrected chi connectivity index (χ1v) is 6.42. The van der Waals surface area contributed by atoms with E-state index in [2.05, 4.69) is 25.5 Å². The second kappa shape index (κ2) is 4.89. The number of carbonyl (C=O) groups is 1. The first kappa shape index (κ1) is 13.1. The van der Waals surface area contributed by atoms with Gasteiger partial charge in [-0.3, -0.25) is 14.7 Å². The molecular weight excluding hydrogens is 274 g/mol. The van der Waals surface area contributed by atoms with Crippen molar-refractivity contribution in [3.63, 3.8) is 0 Å². The number of furan rings is 1. The van der Waals surface area contributed by atoms with Gasteiger partial charge in [-0.2, -0.15) is 5.10 Å². The number of nitrogens with one attached hydrogen (secondary N) is 3. The third-order valence-corrected chi connectivity index (χ3v) is 3.15. The number of fused-ring (bicyclic) bond motifs is 1. The summed E-state index contributed by atoms with van der Waals surface area (Å²) in [6.07, 6.45) is 2.01. The van der Waals surface area contributed by atoms with E-state index in [4.69, 9.17) is 4.42 Å². The van der Waals surface area contributed by atoms with Gasteiger partial charge in [-0.25, -0.2) is 4.98 Å². The Hall–Kier alpha value is -2.90. The number of aromatic amines is 2. The van der Waals surface area contributed by atoms with E-state index in [1.165, 1.54) is 6.33 Å². The van der Waals surface area contributed by atoms with Gasteiger partial charge in [-0.15, -0.1) is 0 Å². The van der Waals surface area contributed by atoms with Crippen LogP contribution in [0.25, 0.3) is 11.1 Å². The van der Waals surface area contributed by atoms with Crippen LogP contribution in [-0.4, -0.2) is 26.1 Å². The van der Waals surface area contributed by atoms with Gasteiger partial charge in [0.15, 0.2) is 5.82 Å². The smallest absolute Gasteiger partial charge is 0.262 e. The molecule has 3 heterocycles. The second-order valence-corrected chi connectivity index (χ2v) is 4.53. The van der Waals surface area contributed by atoms with Crippen LogP contribution in [0, 0.1) is 6.92 Å². The fraction of sp³-hybridized carbons (Fsp3) is 0.231. The lowest BCUT2D eigenvalue weighted by Crippen LogP contribution is -2.16. The number of hydrogen-bond donors (Lipinski definition) is 3. The molecule has 0 atom stereocenters. The molecule has 3 aromatic rings. The summed E-state index contributed by atoms with van der Waals surface area (Å²) in [6.45, 7) is 3.58. The summed E-state index contributed by atoms with van der Waals surface area (Å²) in [7, 11) is 0. The summed E-state index contributed by atoms with van der Waals surface area (Å²) >= 11 is 0. The highest BCUT2D eigenvalue weighted by Crippen LogP contribution is 2.21. The molecule has 0 saturated heterocycles. The van der Waals surface area contributed by atoms with Crippen molar-refractivity contribution < 1.29 is 9.21 Å². The number of nitrogens with zero attached hydrogens (tertiary/aromatic N) is 2. The molecule has 0 fully saturated rings. The van der Waals surface area contributed by atoms with Gasteiger partial charge in [0.25, 0.3) is 11.5 Å². The molecule has 3 N–H and O–H groups in total. The minimum atomic E-state index is -0.459.